The Morgan fingerprint density at radius 3 is 2.75 bits per heavy atom. The molecule has 7 heteroatoms. The SMILES string of the molecule is CC(C)n1ncc(Br)c1C(NN)c1cc(Cl)ccc1F. The molecule has 0 saturated carbocycles. The van der Waals surface area contributed by atoms with E-state index in [-0.39, 0.29) is 11.9 Å². The molecule has 0 aliphatic rings. The Morgan fingerprint density at radius 2 is 2.15 bits per heavy atom. The first kappa shape index (κ1) is 15.4. The van der Waals surface area contributed by atoms with Crippen molar-refractivity contribution in [3.63, 3.8) is 0 Å². The van der Waals surface area contributed by atoms with E-state index in [9.17, 15) is 4.39 Å². The standard InChI is InChI=1S/C13H15BrClFN4/c1-7(2)20-13(10(14)6-18-20)12(19-17)9-5-8(15)3-4-11(9)16/h3-7,12,19H,17H2,1-2H3. The first-order chi connectivity index (χ1) is 9.45. The van der Waals surface area contributed by atoms with Gasteiger partial charge in [-0.25, -0.2) is 9.82 Å². The Balaban J connectivity index is 2.58. The molecule has 0 bridgehead atoms. The van der Waals surface area contributed by atoms with Crippen LogP contribution in [0.2, 0.25) is 5.02 Å². The van der Waals surface area contributed by atoms with Gasteiger partial charge in [-0.3, -0.25) is 10.5 Å². The molecule has 0 radical (unpaired) electrons. The van der Waals surface area contributed by atoms with Crippen molar-refractivity contribution in [3.05, 3.63) is 51.0 Å². The molecule has 0 saturated heterocycles. The van der Waals surface area contributed by atoms with Gasteiger partial charge in [0, 0.05) is 16.6 Å². The molecule has 0 spiro atoms. The summed E-state index contributed by atoms with van der Waals surface area (Å²) in [5.41, 5.74) is 3.77. The third-order valence-electron chi connectivity index (χ3n) is 2.99. The van der Waals surface area contributed by atoms with Gasteiger partial charge in [0.05, 0.1) is 22.4 Å². The Morgan fingerprint density at radius 1 is 1.45 bits per heavy atom. The highest BCUT2D eigenvalue weighted by Gasteiger charge is 2.24. The van der Waals surface area contributed by atoms with Crippen LogP contribution in [0.25, 0.3) is 0 Å². The smallest absolute Gasteiger partial charge is 0.128 e. The summed E-state index contributed by atoms with van der Waals surface area (Å²) in [4.78, 5) is 0. The van der Waals surface area contributed by atoms with Crippen LogP contribution in [0.4, 0.5) is 4.39 Å². The van der Waals surface area contributed by atoms with Crippen LogP contribution in [-0.4, -0.2) is 9.78 Å². The van der Waals surface area contributed by atoms with Gasteiger partial charge in [0.2, 0.25) is 0 Å². The first-order valence-corrected chi connectivity index (χ1v) is 7.26. The molecule has 2 rings (SSSR count). The summed E-state index contributed by atoms with van der Waals surface area (Å²) in [6, 6.07) is 3.96. The Bertz CT molecular complexity index is 614. The fourth-order valence-electron chi connectivity index (χ4n) is 2.08. The van der Waals surface area contributed by atoms with Gasteiger partial charge < -0.3 is 0 Å². The van der Waals surface area contributed by atoms with E-state index in [1.807, 2.05) is 13.8 Å². The zero-order valence-corrected chi connectivity index (χ0v) is 13.4. The second kappa shape index (κ2) is 6.22. The minimum atomic E-state index is -0.548. The van der Waals surface area contributed by atoms with Crippen LogP contribution in [0, 0.1) is 5.82 Å². The maximum atomic E-state index is 14.1. The van der Waals surface area contributed by atoms with Crippen LogP contribution >= 0.6 is 27.5 Å². The molecule has 1 aromatic heterocycles. The van der Waals surface area contributed by atoms with Crippen molar-refractivity contribution < 1.29 is 4.39 Å². The third kappa shape index (κ3) is 2.88. The first-order valence-electron chi connectivity index (χ1n) is 6.09. The second-order valence-corrected chi connectivity index (χ2v) is 5.97. The lowest BCUT2D eigenvalue weighted by molar-refractivity contribution is 0.466. The van der Waals surface area contributed by atoms with Gasteiger partial charge in [0.1, 0.15) is 5.82 Å². The average Bonchev–Trinajstić information content (AvgIpc) is 2.77. The van der Waals surface area contributed by atoms with Crippen molar-refractivity contribution in [2.24, 2.45) is 5.84 Å². The van der Waals surface area contributed by atoms with Gasteiger partial charge in [0.25, 0.3) is 0 Å². The molecule has 0 aliphatic carbocycles. The number of hydrazine groups is 1. The zero-order chi connectivity index (χ0) is 14.9. The molecule has 4 nitrogen and oxygen atoms in total. The van der Waals surface area contributed by atoms with Crippen LogP contribution in [-0.2, 0) is 0 Å². The molecule has 1 heterocycles. The molecule has 1 unspecified atom stereocenters. The average molecular weight is 362 g/mol. The van der Waals surface area contributed by atoms with Crippen LogP contribution in [0.15, 0.2) is 28.9 Å². The van der Waals surface area contributed by atoms with Gasteiger partial charge in [0.15, 0.2) is 0 Å². The van der Waals surface area contributed by atoms with Crippen molar-refractivity contribution in [3.8, 4) is 0 Å². The predicted molar refractivity (Wildman–Crippen MR) is 80.9 cm³/mol. The van der Waals surface area contributed by atoms with E-state index >= 15 is 0 Å². The lowest BCUT2D eigenvalue weighted by Gasteiger charge is -2.21. The van der Waals surface area contributed by atoms with Crippen molar-refractivity contribution in [2.45, 2.75) is 25.9 Å². The highest BCUT2D eigenvalue weighted by molar-refractivity contribution is 9.10. The largest absolute Gasteiger partial charge is 0.271 e. The fraction of sp³-hybridized carbons (Fsp3) is 0.308. The van der Waals surface area contributed by atoms with Crippen LogP contribution in [0.1, 0.15) is 37.2 Å². The van der Waals surface area contributed by atoms with Crippen molar-refractivity contribution >= 4 is 27.5 Å². The maximum Gasteiger partial charge on any atom is 0.128 e. The maximum absolute atomic E-state index is 14.1. The molecule has 0 aliphatic heterocycles. The quantitative estimate of drug-likeness (QED) is 0.646. The topological polar surface area (TPSA) is 55.9 Å². The van der Waals surface area contributed by atoms with E-state index < -0.39 is 6.04 Å². The molecule has 20 heavy (non-hydrogen) atoms. The third-order valence-corrected chi connectivity index (χ3v) is 3.83. The summed E-state index contributed by atoms with van der Waals surface area (Å²) in [7, 11) is 0. The highest BCUT2D eigenvalue weighted by Crippen LogP contribution is 2.32. The summed E-state index contributed by atoms with van der Waals surface area (Å²) in [5, 5.41) is 4.73. The molecular weight excluding hydrogens is 347 g/mol. The molecule has 2 aromatic rings. The van der Waals surface area contributed by atoms with E-state index in [0.717, 1.165) is 10.2 Å². The van der Waals surface area contributed by atoms with E-state index in [1.54, 1.807) is 16.9 Å². The number of rotatable bonds is 4. The normalized spacial score (nSPS) is 12.9. The summed E-state index contributed by atoms with van der Waals surface area (Å²) < 4.78 is 16.6. The van der Waals surface area contributed by atoms with E-state index in [1.165, 1.54) is 12.1 Å². The van der Waals surface area contributed by atoms with Gasteiger partial charge in [-0.1, -0.05) is 11.6 Å². The summed E-state index contributed by atoms with van der Waals surface area (Å²) in [5.74, 6) is 5.26. The van der Waals surface area contributed by atoms with Crippen LogP contribution < -0.4 is 11.3 Å². The molecule has 1 aromatic carbocycles. The van der Waals surface area contributed by atoms with Gasteiger partial charge in [-0.05, 0) is 48.0 Å². The van der Waals surface area contributed by atoms with Crippen molar-refractivity contribution in [2.75, 3.05) is 0 Å². The lowest BCUT2D eigenvalue weighted by Crippen LogP contribution is -2.32. The van der Waals surface area contributed by atoms with Crippen LogP contribution in [0.3, 0.4) is 0 Å². The van der Waals surface area contributed by atoms with Crippen LogP contribution in [0.5, 0.6) is 0 Å². The lowest BCUT2D eigenvalue weighted by atomic mass is 10.0. The summed E-state index contributed by atoms with van der Waals surface area (Å²) in [6.07, 6.45) is 1.67. The Kier molecular flexibility index (Phi) is 4.80. The van der Waals surface area contributed by atoms with Gasteiger partial charge >= 0.3 is 0 Å². The Hall–Kier alpha value is -0.950. The van der Waals surface area contributed by atoms with E-state index in [0.29, 0.717) is 10.6 Å². The predicted octanol–water partition coefficient (Wildman–Crippen LogP) is 3.57. The van der Waals surface area contributed by atoms with E-state index in [4.69, 9.17) is 17.4 Å². The monoisotopic (exact) mass is 360 g/mol. The minimum Gasteiger partial charge on any atom is -0.271 e. The summed E-state index contributed by atoms with van der Waals surface area (Å²) >= 11 is 9.38. The minimum absolute atomic E-state index is 0.120. The second-order valence-electron chi connectivity index (χ2n) is 4.68. The number of hydrogen-bond donors (Lipinski definition) is 2. The number of hydrogen-bond acceptors (Lipinski definition) is 3. The number of nitrogens with two attached hydrogens (primary N) is 1. The fourth-order valence-corrected chi connectivity index (χ4v) is 2.77. The molecule has 3 N–H and O–H groups in total. The number of halogens is 3. The van der Waals surface area contributed by atoms with Crippen molar-refractivity contribution in [1.29, 1.82) is 0 Å². The van der Waals surface area contributed by atoms with Crippen molar-refractivity contribution in [1.82, 2.24) is 15.2 Å². The number of benzene rings is 1. The Labute approximate surface area is 130 Å². The molecule has 1 atom stereocenters. The van der Waals surface area contributed by atoms with Gasteiger partial charge in [-0.15, -0.1) is 0 Å². The number of nitrogens with zero attached hydrogens (tertiary/aromatic N) is 2. The molecular formula is C13H15BrClFN4. The van der Waals surface area contributed by atoms with E-state index in [2.05, 4.69) is 26.5 Å². The summed E-state index contributed by atoms with van der Waals surface area (Å²) in [6.45, 7) is 3.98. The zero-order valence-electron chi connectivity index (χ0n) is 11.1. The molecule has 0 amide bonds. The molecule has 108 valence electrons. The number of aromatic nitrogens is 2. The van der Waals surface area contributed by atoms with Gasteiger partial charge in [-0.2, -0.15) is 5.10 Å². The molecule has 0 fully saturated rings. The highest BCUT2D eigenvalue weighted by atomic mass is 79.9. The number of nitrogens with one attached hydrogen (secondary N) is 1.